The van der Waals surface area contributed by atoms with Gasteiger partial charge in [0.05, 0.1) is 14.2 Å². The summed E-state index contributed by atoms with van der Waals surface area (Å²) in [5, 5.41) is 0. The van der Waals surface area contributed by atoms with Crippen LogP contribution in [0.3, 0.4) is 0 Å². The van der Waals surface area contributed by atoms with Crippen molar-refractivity contribution in [2.24, 2.45) is 0 Å². The van der Waals surface area contributed by atoms with Crippen molar-refractivity contribution in [2.45, 2.75) is 18.3 Å². The molecule has 118 valence electrons. The molecule has 2 heteroatoms. The topological polar surface area (TPSA) is 18.5 Å². The predicted molar refractivity (Wildman–Crippen MR) is 93.8 cm³/mol. The van der Waals surface area contributed by atoms with Gasteiger partial charge in [-0.05, 0) is 34.9 Å². The average molecular weight is 306 g/mol. The van der Waals surface area contributed by atoms with Crippen LogP contribution in [0.4, 0.5) is 0 Å². The summed E-state index contributed by atoms with van der Waals surface area (Å²) in [4.78, 5) is 0. The fraction of sp³-hybridized carbons (Fsp3) is 0.238. The number of methoxy groups -OCH3 is 2. The molecule has 1 aliphatic carbocycles. The van der Waals surface area contributed by atoms with Crippen LogP contribution in [0.1, 0.15) is 24.0 Å². The Labute approximate surface area is 138 Å². The van der Waals surface area contributed by atoms with Crippen LogP contribution in [0.15, 0.2) is 78.6 Å². The molecule has 0 fully saturated rings. The molecule has 0 aromatic heterocycles. The highest BCUT2D eigenvalue weighted by Crippen LogP contribution is 2.52. The second kappa shape index (κ2) is 5.96. The Morgan fingerprint density at radius 1 is 0.913 bits per heavy atom. The molecule has 0 bridgehead atoms. The van der Waals surface area contributed by atoms with E-state index in [1.807, 2.05) is 18.2 Å². The van der Waals surface area contributed by atoms with Gasteiger partial charge in [-0.25, -0.2) is 0 Å². The Morgan fingerprint density at radius 3 is 2.13 bits per heavy atom. The summed E-state index contributed by atoms with van der Waals surface area (Å²) in [5.74, 6) is 1.92. The number of hydrogen-bond acceptors (Lipinski definition) is 2. The van der Waals surface area contributed by atoms with Crippen molar-refractivity contribution in [1.82, 2.24) is 0 Å². The minimum absolute atomic E-state index is 0.179. The first-order valence-corrected chi connectivity index (χ1v) is 7.76. The van der Waals surface area contributed by atoms with Crippen molar-refractivity contribution < 1.29 is 9.47 Å². The first kappa shape index (κ1) is 15.4. The molecule has 0 amide bonds. The first-order chi connectivity index (χ1) is 11.1. The van der Waals surface area contributed by atoms with Gasteiger partial charge in [0.25, 0.3) is 0 Å². The zero-order valence-corrected chi connectivity index (χ0v) is 13.9. The van der Waals surface area contributed by atoms with E-state index in [0.717, 1.165) is 17.1 Å². The monoisotopic (exact) mass is 306 g/mol. The smallest absolute Gasteiger partial charge is 0.119 e. The number of hydrogen-bond donors (Lipinski definition) is 0. The molecular formula is C21H22O2. The summed E-state index contributed by atoms with van der Waals surface area (Å²) in [5.41, 5.74) is 3.27. The van der Waals surface area contributed by atoms with E-state index in [-0.39, 0.29) is 11.3 Å². The van der Waals surface area contributed by atoms with Crippen LogP contribution in [0.2, 0.25) is 0 Å². The molecule has 0 aliphatic heterocycles. The minimum Gasteiger partial charge on any atom is -0.497 e. The Hall–Kier alpha value is -2.48. The molecule has 3 rings (SSSR count). The van der Waals surface area contributed by atoms with E-state index in [2.05, 4.69) is 56.0 Å². The van der Waals surface area contributed by atoms with Crippen LogP contribution in [0.25, 0.3) is 0 Å². The van der Waals surface area contributed by atoms with E-state index in [4.69, 9.17) is 9.47 Å². The van der Waals surface area contributed by atoms with Gasteiger partial charge in [-0.2, -0.15) is 0 Å². The van der Waals surface area contributed by atoms with E-state index in [0.29, 0.717) is 0 Å². The highest BCUT2D eigenvalue weighted by Gasteiger charge is 2.45. The molecule has 2 aromatic rings. The summed E-state index contributed by atoms with van der Waals surface area (Å²) in [6.07, 6.45) is 2.18. The van der Waals surface area contributed by atoms with Gasteiger partial charge in [0.2, 0.25) is 0 Å². The molecule has 1 aliphatic rings. The lowest BCUT2D eigenvalue weighted by atomic mass is 9.68. The lowest BCUT2D eigenvalue weighted by Gasteiger charge is -2.34. The molecule has 2 atom stereocenters. The number of allylic oxidation sites excluding steroid dienone is 2. The third-order valence-corrected chi connectivity index (χ3v) is 4.93. The molecule has 0 unspecified atom stereocenters. The van der Waals surface area contributed by atoms with Crippen LogP contribution in [0, 0.1) is 0 Å². The van der Waals surface area contributed by atoms with Crippen LogP contribution in [-0.2, 0) is 10.2 Å². The van der Waals surface area contributed by atoms with E-state index >= 15 is 0 Å². The minimum atomic E-state index is -0.221. The van der Waals surface area contributed by atoms with Gasteiger partial charge in [-0.15, -0.1) is 0 Å². The quantitative estimate of drug-likeness (QED) is 0.805. The lowest BCUT2D eigenvalue weighted by molar-refractivity contribution is 0.298. The zero-order valence-electron chi connectivity index (χ0n) is 13.9. The molecular weight excluding hydrogens is 284 g/mol. The van der Waals surface area contributed by atoms with Crippen molar-refractivity contribution in [1.29, 1.82) is 0 Å². The Bertz CT molecular complexity index is 728. The Balaban J connectivity index is 2.10. The maximum atomic E-state index is 5.57. The molecule has 23 heavy (non-hydrogen) atoms. The van der Waals surface area contributed by atoms with E-state index in [1.54, 1.807) is 14.2 Å². The fourth-order valence-corrected chi connectivity index (χ4v) is 3.43. The van der Waals surface area contributed by atoms with Gasteiger partial charge in [-0.1, -0.05) is 56.0 Å². The largest absolute Gasteiger partial charge is 0.497 e. The van der Waals surface area contributed by atoms with Gasteiger partial charge >= 0.3 is 0 Å². The maximum absolute atomic E-state index is 5.57. The van der Waals surface area contributed by atoms with Crippen molar-refractivity contribution >= 4 is 0 Å². The molecule has 0 N–H and O–H groups in total. The second-order valence-corrected chi connectivity index (χ2v) is 6.03. The van der Waals surface area contributed by atoms with Crippen LogP contribution >= 0.6 is 0 Å². The number of ether oxygens (including phenoxy) is 2. The van der Waals surface area contributed by atoms with Crippen LogP contribution in [0.5, 0.6) is 5.75 Å². The van der Waals surface area contributed by atoms with Gasteiger partial charge in [0.1, 0.15) is 11.5 Å². The number of benzene rings is 2. The van der Waals surface area contributed by atoms with Gasteiger partial charge in [0.15, 0.2) is 0 Å². The summed E-state index contributed by atoms with van der Waals surface area (Å²) in [6, 6.07) is 18.7. The fourth-order valence-electron chi connectivity index (χ4n) is 3.43. The van der Waals surface area contributed by atoms with E-state index < -0.39 is 0 Å². The standard InChI is InChI=1S/C21H22O2/c1-15-20(23-4)14-19(16-10-12-18(22-3)13-11-16)21(15,2)17-8-6-5-7-9-17/h5-14,19H,1H2,2-4H3/t19-,21-/m0/s1. The highest BCUT2D eigenvalue weighted by molar-refractivity contribution is 5.55. The van der Waals surface area contributed by atoms with Crippen molar-refractivity contribution in [3.63, 3.8) is 0 Å². The Morgan fingerprint density at radius 2 is 1.57 bits per heavy atom. The molecule has 0 heterocycles. The predicted octanol–water partition coefficient (Wildman–Crippen LogP) is 4.84. The summed E-state index contributed by atoms with van der Waals surface area (Å²) < 4.78 is 10.8. The van der Waals surface area contributed by atoms with Gasteiger partial charge in [-0.3, -0.25) is 0 Å². The molecule has 0 saturated carbocycles. The maximum Gasteiger partial charge on any atom is 0.119 e. The summed E-state index contributed by atoms with van der Waals surface area (Å²) in [6.45, 7) is 6.57. The van der Waals surface area contributed by atoms with Crippen LogP contribution in [-0.4, -0.2) is 14.2 Å². The number of rotatable bonds is 4. The average Bonchev–Trinajstić information content (AvgIpc) is 2.88. The molecule has 0 saturated heterocycles. The molecule has 2 aromatic carbocycles. The van der Waals surface area contributed by atoms with E-state index in [1.165, 1.54) is 11.1 Å². The first-order valence-electron chi connectivity index (χ1n) is 7.76. The lowest BCUT2D eigenvalue weighted by Crippen LogP contribution is -2.28. The van der Waals surface area contributed by atoms with Gasteiger partial charge in [0, 0.05) is 11.3 Å². The molecule has 0 radical (unpaired) electrons. The molecule has 0 spiro atoms. The Kier molecular flexibility index (Phi) is 3.99. The third-order valence-electron chi connectivity index (χ3n) is 4.93. The van der Waals surface area contributed by atoms with Crippen molar-refractivity contribution in [2.75, 3.05) is 14.2 Å². The zero-order chi connectivity index (χ0) is 16.4. The summed E-state index contributed by atoms with van der Waals surface area (Å²) in [7, 11) is 3.39. The van der Waals surface area contributed by atoms with Crippen LogP contribution < -0.4 is 4.74 Å². The SMILES string of the molecule is C=C1C(OC)=C[C@@H](c2ccc(OC)cc2)[C@]1(C)c1ccccc1. The molecule has 2 nitrogen and oxygen atoms in total. The van der Waals surface area contributed by atoms with E-state index in [9.17, 15) is 0 Å². The third kappa shape index (κ3) is 2.44. The van der Waals surface area contributed by atoms with Crippen molar-refractivity contribution in [3.05, 3.63) is 89.7 Å². The van der Waals surface area contributed by atoms with Gasteiger partial charge < -0.3 is 9.47 Å². The second-order valence-electron chi connectivity index (χ2n) is 6.03. The summed E-state index contributed by atoms with van der Waals surface area (Å²) >= 11 is 0. The highest BCUT2D eigenvalue weighted by atomic mass is 16.5. The van der Waals surface area contributed by atoms with Crippen molar-refractivity contribution in [3.8, 4) is 5.75 Å². The normalized spacial score (nSPS) is 23.5.